The average Bonchev–Trinajstić information content (AvgIpc) is 3.17. The lowest BCUT2D eigenvalue weighted by Crippen LogP contribution is -2.83. The summed E-state index contributed by atoms with van der Waals surface area (Å²) in [7, 11) is 0. The number of nitrogens with two attached hydrogens (primary N) is 1. The monoisotopic (exact) mass is 382 g/mol. The molecule has 2 aromatic carbocycles. The normalized spacial score (nSPS) is 11.9. The van der Waals surface area contributed by atoms with Crippen LogP contribution < -0.4 is 10.6 Å². The Kier molecular flexibility index (Phi) is 6.41. The maximum atomic E-state index is 10.6. The van der Waals surface area contributed by atoms with Crippen LogP contribution in [0.3, 0.4) is 0 Å². The van der Waals surface area contributed by atoms with Crippen molar-refractivity contribution in [2.24, 2.45) is 0 Å². The Hall–Kier alpha value is -3.16. The molecule has 28 heavy (non-hydrogen) atoms. The Labute approximate surface area is 163 Å². The molecule has 1 atom stereocenters. The van der Waals surface area contributed by atoms with Crippen LogP contribution in [0.1, 0.15) is 24.4 Å². The van der Waals surface area contributed by atoms with Crippen molar-refractivity contribution < 1.29 is 19.8 Å². The first-order chi connectivity index (χ1) is 13.5. The average molecular weight is 382 g/mol. The first-order valence-electron chi connectivity index (χ1n) is 9.20. The van der Waals surface area contributed by atoms with Gasteiger partial charge < -0.3 is 20.2 Å². The molecule has 0 saturated carbocycles. The predicted octanol–water partition coefficient (Wildman–Crippen LogP) is 3.08. The molecule has 0 unspecified atom stereocenters. The number of rotatable bonds is 9. The van der Waals surface area contributed by atoms with Crippen LogP contribution in [0.5, 0.6) is 0 Å². The maximum absolute atomic E-state index is 10.6. The minimum absolute atomic E-state index is 0.0891. The summed E-state index contributed by atoms with van der Waals surface area (Å²) in [6.07, 6.45) is -0.476. The van der Waals surface area contributed by atoms with Crippen LogP contribution in [-0.2, 0) is 6.54 Å². The quantitative estimate of drug-likeness (QED) is 0.300. The first-order valence-corrected chi connectivity index (χ1v) is 9.20. The molecule has 0 amide bonds. The molecule has 0 bridgehead atoms. The van der Waals surface area contributed by atoms with E-state index in [0.717, 1.165) is 48.0 Å². The highest BCUT2D eigenvalue weighted by molar-refractivity contribution is 5.58. The zero-order valence-electron chi connectivity index (χ0n) is 15.7. The topological polar surface area (TPSA) is 105 Å². The van der Waals surface area contributed by atoms with Crippen molar-refractivity contribution >= 4 is 11.4 Å². The van der Waals surface area contributed by atoms with E-state index in [1.807, 2.05) is 36.4 Å². The number of nitrogens with one attached hydrogen (secondary N) is 1. The van der Waals surface area contributed by atoms with Crippen LogP contribution in [-0.4, -0.2) is 23.1 Å². The SMILES string of the molecule is C[C@H](O)c1ccc(-c2ccc(C[NH2+]CCNc3ccc([N+](=O)[O-])cc3)o2)cc1. The van der Waals surface area contributed by atoms with E-state index in [1.54, 1.807) is 19.1 Å². The van der Waals surface area contributed by atoms with Crippen LogP contribution in [0.4, 0.5) is 11.4 Å². The van der Waals surface area contributed by atoms with E-state index < -0.39 is 11.0 Å². The Morgan fingerprint density at radius 3 is 2.46 bits per heavy atom. The van der Waals surface area contributed by atoms with E-state index in [4.69, 9.17) is 4.42 Å². The van der Waals surface area contributed by atoms with Crippen molar-refractivity contribution in [1.82, 2.24) is 0 Å². The lowest BCUT2D eigenvalue weighted by Gasteiger charge is -2.05. The lowest BCUT2D eigenvalue weighted by molar-refractivity contribution is -0.669. The number of anilines is 1. The second-order valence-corrected chi connectivity index (χ2v) is 6.58. The fourth-order valence-electron chi connectivity index (χ4n) is 2.83. The van der Waals surface area contributed by atoms with Crippen molar-refractivity contribution in [2.75, 3.05) is 18.4 Å². The van der Waals surface area contributed by atoms with Gasteiger partial charge in [0.1, 0.15) is 12.3 Å². The summed E-state index contributed by atoms with van der Waals surface area (Å²) < 4.78 is 5.89. The molecule has 0 fully saturated rings. The van der Waals surface area contributed by atoms with E-state index in [0.29, 0.717) is 0 Å². The molecule has 3 aromatic rings. The standard InChI is InChI=1S/C21H23N3O4/c1-15(25)16-2-4-17(5-3-16)21-11-10-20(28-21)14-22-12-13-23-18-6-8-19(9-7-18)24(26)27/h2-11,15,22-23,25H,12-14H2,1H3/p+1/t15-/m0/s1. The summed E-state index contributed by atoms with van der Waals surface area (Å²) in [5, 5.41) is 25.6. The second kappa shape index (κ2) is 9.16. The van der Waals surface area contributed by atoms with Crippen molar-refractivity contribution in [1.29, 1.82) is 0 Å². The van der Waals surface area contributed by atoms with Gasteiger partial charge in [0.05, 0.1) is 24.1 Å². The molecule has 0 radical (unpaired) electrons. The molecule has 0 spiro atoms. The van der Waals surface area contributed by atoms with Crippen LogP contribution in [0.25, 0.3) is 11.3 Å². The second-order valence-electron chi connectivity index (χ2n) is 6.58. The highest BCUT2D eigenvalue weighted by atomic mass is 16.6. The number of quaternary nitrogens is 1. The summed E-state index contributed by atoms with van der Waals surface area (Å²) in [6, 6.07) is 18.0. The lowest BCUT2D eigenvalue weighted by atomic mass is 10.1. The fraction of sp³-hybridized carbons (Fsp3) is 0.238. The Morgan fingerprint density at radius 1 is 1.11 bits per heavy atom. The van der Waals surface area contributed by atoms with Gasteiger partial charge in [0.15, 0.2) is 5.76 Å². The summed E-state index contributed by atoms with van der Waals surface area (Å²) in [6.45, 7) is 4.06. The van der Waals surface area contributed by atoms with E-state index in [-0.39, 0.29) is 5.69 Å². The highest BCUT2D eigenvalue weighted by Crippen LogP contribution is 2.24. The third-order valence-electron chi connectivity index (χ3n) is 4.44. The molecule has 7 heteroatoms. The van der Waals surface area contributed by atoms with Gasteiger partial charge in [0.2, 0.25) is 0 Å². The van der Waals surface area contributed by atoms with E-state index in [2.05, 4.69) is 10.6 Å². The van der Waals surface area contributed by atoms with Gasteiger partial charge >= 0.3 is 0 Å². The van der Waals surface area contributed by atoms with Gasteiger partial charge in [-0.05, 0) is 36.8 Å². The van der Waals surface area contributed by atoms with Gasteiger partial charge in [-0.3, -0.25) is 10.1 Å². The van der Waals surface area contributed by atoms with Gasteiger partial charge in [-0.25, -0.2) is 0 Å². The van der Waals surface area contributed by atoms with Gasteiger partial charge in [-0.2, -0.15) is 0 Å². The molecule has 7 nitrogen and oxygen atoms in total. The van der Waals surface area contributed by atoms with E-state index >= 15 is 0 Å². The Balaban J connectivity index is 1.42. The largest absolute Gasteiger partial charge is 0.455 e. The number of nitro groups is 1. The molecule has 3 rings (SSSR count). The minimum Gasteiger partial charge on any atom is -0.455 e. The van der Waals surface area contributed by atoms with Gasteiger partial charge in [0.25, 0.3) is 5.69 Å². The number of nitrogens with zero attached hydrogens (tertiary/aromatic N) is 1. The number of furan rings is 1. The zero-order chi connectivity index (χ0) is 19.9. The molecule has 1 aromatic heterocycles. The van der Waals surface area contributed by atoms with Gasteiger partial charge in [-0.1, -0.05) is 24.3 Å². The van der Waals surface area contributed by atoms with Crippen molar-refractivity contribution in [3.8, 4) is 11.3 Å². The molecule has 1 heterocycles. The third-order valence-corrected chi connectivity index (χ3v) is 4.44. The molecule has 0 saturated heterocycles. The third kappa shape index (κ3) is 5.18. The van der Waals surface area contributed by atoms with Crippen molar-refractivity contribution in [2.45, 2.75) is 19.6 Å². The number of nitro benzene ring substituents is 1. The molecule has 0 aliphatic carbocycles. The Bertz CT molecular complexity index is 902. The Morgan fingerprint density at radius 2 is 1.82 bits per heavy atom. The number of aliphatic hydroxyl groups is 1. The summed E-state index contributed by atoms with van der Waals surface area (Å²) in [5.74, 6) is 1.70. The van der Waals surface area contributed by atoms with Crippen molar-refractivity contribution in [3.63, 3.8) is 0 Å². The minimum atomic E-state index is -0.476. The molecule has 4 N–H and O–H groups in total. The summed E-state index contributed by atoms with van der Waals surface area (Å²) in [4.78, 5) is 10.2. The number of hydrogen-bond donors (Lipinski definition) is 3. The molecule has 0 aliphatic rings. The molecule has 146 valence electrons. The van der Waals surface area contributed by atoms with Crippen LogP contribution in [0.2, 0.25) is 0 Å². The number of hydrogen-bond acceptors (Lipinski definition) is 5. The van der Waals surface area contributed by atoms with Crippen LogP contribution in [0.15, 0.2) is 65.1 Å². The molecule has 0 aliphatic heterocycles. The van der Waals surface area contributed by atoms with Crippen LogP contribution in [0, 0.1) is 10.1 Å². The highest BCUT2D eigenvalue weighted by Gasteiger charge is 2.08. The number of non-ortho nitro benzene ring substituents is 1. The number of benzene rings is 2. The van der Waals surface area contributed by atoms with Gasteiger partial charge in [0, 0.05) is 23.4 Å². The zero-order valence-corrected chi connectivity index (χ0v) is 15.7. The predicted molar refractivity (Wildman–Crippen MR) is 107 cm³/mol. The summed E-state index contributed by atoms with van der Waals surface area (Å²) >= 11 is 0. The van der Waals surface area contributed by atoms with E-state index in [1.165, 1.54) is 12.1 Å². The first kappa shape index (κ1) is 19.6. The smallest absolute Gasteiger partial charge is 0.269 e. The van der Waals surface area contributed by atoms with Crippen molar-refractivity contribution in [3.05, 3.63) is 82.1 Å². The van der Waals surface area contributed by atoms with Crippen LogP contribution >= 0.6 is 0 Å². The molecular formula is C21H24N3O4+. The van der Waals surface area contributed by atoms with Gasteiger partial charge in [-0.15, -0.1) is 0 Å². The van der Waals surface area contributed by atoms with E-state index in [9.17, 15) is 15.2 Å². The number of aliphatic hydroxyl groups excluding tert-OH is 1. The summed E-state index contributed by atoms with van der Waals surface area (Å²) in [5.41, 5.74) is 2.81. The maximum Gasteiger partial charge on any atom is 0.269 e. The fourth-order valence-corrected chi connectivity index (χ4v) is 2.83. The molecular weight excluding hydrogens is 358 g/mol.